The van der Waals surface area contributed by atoms with Crippen LogP contribution in [0.4, 0.5) is 22.0 Å². The zero-order valence-electron chi connectivity index (χ0n) is 25.7. The number of benzene rings is 4. The van der Waals surface area contributed by atoms with Crippen LogP contribution in [0.2, 0.25) is 0 Å². The van der Waals surface area contributed by atoms with Crippen molar-refractivity contribution in [3.8, 4) is 5.69 Å². The van der Waals surface area contributed by atoms with E-state index >= 15 is 0 Å². The van der Waals surface area contributed by atoms with Gasteiger partial charge in [-0.05, 0) is 39.2 Å². The van der Waals surface area contributed by atoms with Gasteiger partial charge in [0.1, 0.15) is 5.56 Å². The van der Waals surface area contributed by atoms with E-state index in [0.717, 1.165) is 16.8 Å². The lowest BCUT2D eigenvalue weighted by Crippen LogP contribution is -2.38. The van der Waals surface area contributed by atoms with Crippen LogP contribution in [0.15, 0.2) is 84.0 Å². The van der Waals surface area contributed by atoms with Gasteiger partial charge in [-0.15, -0.1) is 5.10 Å². The van der Waals surface area contributed by atoms with Crippen LogP contribution in [0.25, 0.3) is 5.69 Å². The largest absolute Gasteiger partial charge is 0.392 e. The number of nitrogens with zero attached hydrogens (tertiary/aromatic N) is 4. The number of carbonyl (C=O) groups is 1. The molecule has 4 aromatic carbocycles. The molecule has 1 aliphatic rings. The van der Waals surface area contributed by atoms with E-state index in [4.69, 9.17) is 9.47 Å². The van der Waals surface area contributed by atoms with Gasteiger partial charge in [0.05, 0.1) is 24.5 Å². The molecule has 49 heavy (non-hydrogen) atoms. The maximum atomic E-state index is 14.1. The van der Waals surface area contributed by atoms with Crippen molar-refractivity contribution in [2.75, 3.05) is 5.75 Å². The lowest BCUT2D eigenvalue weighted by atomic mass is 9.91. The highest BCUT2D eigenvalue weighted by molar-refractivity contribution is 7.99. The standard InChI is InChI=1S/C34H28F5N5O4S/c1-18-24(17-49-34-41-42-43-44(34)23-5-3-2-4-6-23)47-33(48-31(18)21-11-9-20(16-45)10-12-21)22-13-7-19(8-14-22)15-40-32(46)25-26(35)28(37)30(39)29(38)27(25)36/h2-14,18,24,31,33,45H,15-17H2,1H3,(H,40,46). The Bertz CT molecular complexity index is 1900. The molecule has 9 nitrogen and oxygen atoms in total. The fourth-order valence-corrected chi connectivity index (χ4v) is 6.39. The number of halogens is 5. The number of aromatic nitrogens is 4. The molecule has 5 aromatic rings. The summed E-state index contributed by atoms with van der Waals surface area (Å²) in [5, 5.41) is 24.4. The number of hydrogen-bond donors (Lipinski definition) is 2. The molecule has 4 unspecified atom stereocenters. The van der Waals surface area contributed by atoms with E-state index in [1.807, 2.05) is 61.5 Å². The Morgan fingerprint density at radius 2 is 1.45 bits per heavy atom. The first-order valence-corrected chi connectivity index (χ1v) is 16.0. The summed E-state index contributed by atoms with van der Waals surface area (Å²) in [6, 6.07) is 23.5. The molecular formula is C34H28F5N5O4S. The van der Waals surface area contributed by atoms with E-state index in [9.17, 15) is 31.9 Å². The van der Waals surface area contributed by atoms with Crippen LogP contribution in [-0.4, -0.2) is 43.1 Å². The van der Waals surface area contributed by atoms with Gasteiger partial charge in [-0.1, -0.05) is 85.4 Å². The van der Waals surface area contributed by atoms with Crippen LogP contribution in [-0.2, 0) is 22.6 Å². The van der Waals surface area contributed by atoms with Crippen molar-refractivity contribution in [3.05, 3.63) is 136 Å². The molecule has 1 saturated heterocycles. The van der Waals surface area contributed by atoms with Gasteiger partial charge in [0.2, 0.25) is 11.0 Å². The normalized spacial score (nSPS) is 19.2. The molecule has 0 bridgehead atoms. The second-order valence-electron chi connectivity index (χ2n) is 11.2. The van der Waals surface area contributed by atoms with Crippen LogP contribution in [0.1, 0.15) is 51.9 Å². The van der Waals surface area contributed by atoms with Gasteiger partial charge in [0, 0.05) is 23.8 Å². The maximum Gasteiger partial charge on any atom is 0.257 e. The van der Waals surface area contributed by atoms with E-state index in [1.165, 1.54) is 11.8 Å². The number of aliphatic hydroxyl groups excluding tert-OH is 1. The third-order valence-corrected chi connectivity index (χ3v) is 9.09. The summed E-state index contributed by atoms with van der Waals surface area (Å²) in [6.07, 6.45) is -1.57. The zero-order chi connectivity index (χ0) is 34.7. The van der Waals surface area contributed by atoms with Gasteiger partial charge in [-0.2, -0.15) is 4.68 Å². The van der Waals surface area contributed by atoms with Crippen LogP contribution >= 0.6 is 11.8 Å². The number of tetrazole rings is 1. The Balaban J connectivity index is 1.19. The predicted molar refractivity (Wildman–Crippen MR) is 167 cm³/mol. The van der Waals surface area contributed by atoms with Crippen molar-refractivity contribution >= 4 is 17.7 Å². The minimum Gasteiger partial charge on any atom is -0.392 e. The molecule has 2 heterocycles. The smallest absolute Gasteiger partial charge is 0.257 e. The first-order valence-electron chi connectivity index (χ1n) is 15.0. The molecule has 1 amide bonds. The van der Waals surface area contributed by atoms with Crippen LogP contribution < -0.4 is 5.32 Å². The van der Waals surface area contributed by atoms with Gasteiger partial charge in [0.25, 0.3) is 5.91 Å². The number of amides is 1. The maximum absolute atomic E-state index is 14.1. The van der Waals surface area contributed by atoms with Gasteiger partial charge in [0.15, 0.2) is 29.6 Å². The SMILES string of the molecule is CC1C(CSc2nnnn2-c2ccccc2)OC(c2ccc(CNC(=O)c3c(F)c(F)c(F)c(F)c3F)cc2)OC1c1ccc(CO)cc1. The van der Waals surface area contributed by atoms with Crippen LogP contribution in [0.5, 0.6) is 0 Å². The third kappa shape index (κ3) is 7.20. The average molecular weight is 698 g/mol. The van der Waals surface area contributed by atoms with Crippen molar-refractivity contribution in [2.45, 2.75) is 43.7 Å². The molecule has 1 aliphatic heterocycles. The fourth-order valence-electron chi connectivity index (χ4n) is 5.33. The van der Waals surface area contributed by atoms with Crippen LogP contribution in [0, 0.1) is 35.0 Å². The molecule has 2 N–H and O–H groups in total. The summed E-state index contributed by atoms with van der Waals surface area (Å²) in [5.74, 6) is -12.3. The van der Waals surface area contributed by atoms with Crippen LogP contribution in [0.3, 0.4) is 0 Å². The average Bonchev–Trinajstić information content (AvgIpc) is 3.61. The Kier molecular flexibility index (Phi) is 10.3. The van der Waals surface area contributed by atoms with E-state index in [2.05, 4.69) is 20.8 Å². The molecular weight excluding hydrogens is 669 g/mol. The number of aliphatic hydroxyl groups is 1. The highest BCUT2D eigenvalue weighted by Gasteiger charge is 2.39. The fraction of sp³-hybridized carbons (Fsp3) is 0.235. The lowest BCUT2D eigenvalue weighted by molar-refractivity contribution is -0.268. The molecule has 1 fully saturated rings. The van der Waals surface area contributed by atoms with Crippen molar-refractivity contribution < 1.29 is 41.3 Å². The van der Waals surface area contributed by atoms with Crippen molar-refractivity contribution in [3.63, 3.8) is 0 Å². The molecule has 6 rings (SSSR count). The van der Waals surface area contributed by atoms with Gasteiger partial charge in [-0.3, -0.25) is 4.79 Å². The summed E-state index contributed by atoms with van der Waals surface area (Å²) in [4.78, 5) is 12.4. The van der Waals surface area contributed by atoms with E-state index < -0.39 is 53.0 Å². The Morgan fingerprint density at radius 1 is 0.837 bits per heavy atom. The quantitative estimate of drug-likeness (QED) is 0.0751. The number of carbonyl (C=O) groups excluding carboxylic acids is 1. The number of nitrogens with one attached hydrogen (secondary N) is 1. The van der Waals surface area contributed by atoms with Crippen molar-refractivity contribution in [2.24, 2.45) is 5.92 Å². The van der Waals surface area contributed by atoms with E-state index in [1.54, 1.807) is 28.9 Å². The highest BCUT2D eigenvalue weighted by atomic mass is 32.2. The summed E-state index contributed by atoms with van der Waals surface area (Å²) in [5.41, 5.74) is 1.98. The number of hydrogen-bond acceptors (Lipinski definition) is 8. The minimum absolute atomic E-state index is 0.100. The van der Waals surface area contributed by atoms with Crippen molar-refractivity contribution in [1.82, 2.24) is 25.5 Å². The molecule has 0 saturated carbocycles. The van der Waals surface area contributed by atoms with Gasteiger partial charge < -0.3 is 19.9 Å². The predicted octanol–water partition coefficient (Wildman–Crippen LogP) is 6.36. The summed E-state index contributed by atoms with van der Waals surface area (Å²) >= 11 is 1.43. The summed E-state index contributed by atoms with van der Waals surface area (Å²) < 4.78 is 83.3. The first-order chi connectivity index (χ1) is 23.7. The number of para-hydroxylation sites is 1. The van der Waals surface area contributed by atoms with Crippen molar-refractivity contribution in [1.29, 1.82) is 0 Å². The monoisotopic (exact) mass is 697 g/mol. The zero-order valence-corrected chi connectivity index (χ0v) is 26.5. The number of thioether (sulfide) groups is 1. The summed E-state index contributed by atoms with van der Waals surface area (Å²) in [7, 11) is 0. The van der Waals surface area contributed by atoms with E-state index in [-0.39, 0.29) is 25.2 Å². The molecule has 254 valence electrons. The summed E-state index contributed by atoms with van der Waals surface area (Å²) in [6.45, 7) is 1.65. The third-order valence-electron chi connectivity index (χ3n) is 8.08. The molecule has 4 atom stereocenters. The Labute approximate surface area is 281 Å². The first kappa shape index (κ1) is 34.2. The van der Waals surface area contributed by atoms with Gasteiger partial charge >= 0.3 is 0 Å². The molecule has 0 radical (unpaired) electrons. The second-order valence-corrected chi connectivity index (χ2v) is 12.2. The Hall–Kier alpha value is -4.70. The van der Waals surface area contributed by atoms with E-state index in [0.29, 0.717) is 22.0 Å². The molecule has 1 aromatic heterocycles. The number of ether oxygens (including phenoxy) is 2. The van der Waals surface area contributed by atoms with Gasteiger partial charge in [-0.25, -0.2) is 22.0 Å². The number of rotatable bonds is 10. The topological polar surface area (TPSA) is 111 Å². The molecule has 0 aliphatic carbocycles. The highest BCUT2D eigenvalue weighted by Crippen LogP contribution is 2.43. The minimum atomic E-state index is -2.35. The second kappa shape index (κ2) is 14.8. The molecule has 15 heteroatoms. The molecule has 0 spiro atoms. The lowest BCUT2D eigenvalue weighted by Gasteiger charge is -2.41. The Morgan fingerprint density at radius 3 is 2.10 bits per heavy atom.